The van der Waals surface area contributed by atoms with Crippen LogP contribution in [0.25, 0.3) is 11.4 Å². The molecule has 116 valence electrons. The lowest BCUT2D eigenvalue weighted by Gasteiger charge is -2.03. The molecule has 0 aliphatic heterocycles. The highest BCUT2D eigenvalue weighted by Crippen LogP contribution is 2.25. The number of carbonyl (C=O) groups is 1. The van der Waals surface area contributed by atoms with Crippen LogP contribution in [-0.2, 0) is 6.42 Å². The predicted molar refractivity (Wildman–Crippen MR) is 88.0 cm³/mol. The highest BCUT2D eigenvalue weighted by atomic mass is 35.5. The molecule has 3 rings (SSSR count). The molecule has 5 nitrogen and oxygen atoms in total. The molecule has 0 aliphatic rings. The monoisotopic (exact) mass is 347 g/mol. The van der Waals surface area contributed by atoms with Crippen molar-refractivity contribution in [2.24, 2.45) is 0 Å². The second kappa shape index (κ2) is 6.40. The molecule has 0 radical (unpaired) electrons. The number of hydrogen-bond acceptors (Lipinski definition) is 3. The summed E-state index contributed by atoms with van der Waals surface area (Å²) in [6.45, 7) is 0. The molecule has 1 aromatic carbocycles. The molecule has 0 fully saturated rings. The van der Waals surface area contributed by atoms with E-state index in [1.54, 1.807) is 42.7 Å². The molecule has 2 N–H and O–H groups in total. The molecule has 2 aromatic heterocycles. The highest BCUT2D eigenvalue weighted by Gasteiger charge is 2.18. The van der Waals surface area contributed by atoms with E-state index in [-0.39, 0.29) is 12.1 Å². The van der Waals surface area contributed by atoms with Gasteiger partial charge in [0.05, 0.1) is 5.69 Å². The molecule has 7 heteroatoms. The lowest BCUT2D eigenvalue weighted by atomic mass is 10.1. The molecular formula is C16H11Cl2N3O2. The zero-order valence-corrected chi connectivity index (χ0v) is 13.3. The van der Waals surface area contributed by atoms with Gasteiger partial charge in [0.2, 0.25) is 0 Å². The van der Waals surface area contributed by atoms with Gasteiger partial charge in [-0.3, -0.25) is 4.98 Å². The number of benzene rings is 1. The Morgan fingerprint density at radius 1 is 1.26 bits per heavy atom. The molecule has 23 heavy (non-hydrogen) atoms. The third-order valence-electron chi connectivity index (χ3n) is 3.29. The van der Waals surface area contributed by atoms with Gasteiger partial charge in [0.25, 0.3) is 0 Å². The summed E-state index contributed by atoms with van der Waals surface area (Å²) in [7, 11) is 0. The van der Waals surface area contributed by atoms with E-state index in [2.05, 4.69) is 15.0 Å². The zero-order chi connectivity index (χ0) is 16.4. The lowest BCUT2D eigenvalue weighted by molar-refractivity contribution is 0.0690. The first-order valence-corrected chi connectivity index (χ1v) is 7.46. The standard InChI is InChI=1S/C16H11Cl2N3O2/c17-11-3-4-12(18)10(6-11)7-13-14(16(22)23)21-15(20-13)9-2-1-5-19-8-9/h1-6,8H,7H2,(H,20,21)(H,22,23). The van der Waals surface area contributed by atoms with Crippen molar-refractivity contribution in [2.75, 3.05) is 0 Å². The van der Waals surface area contributed by atoms with Gasteiger partial charge in [-0.05, 0) is 35.9 Å². The Hall–Kier alpha value is -2.37. The first-order valence-electron chi connectivity index (χ1n) is 6.71. The van der Waals surface area contributed by atoms with Gasteiger partial charge >= 0.3 is 5.97 Å². The van der Waals surface area contributed by atoms with E-state index in [1.165, 1.54) is 0 Å². The smallest absolute Gasteiger partial charge is 0.354 e. The van der Waals surface area contributed by atoms with Gasteiger partial charge in [-0.1, -0.05) is 23.2 Å². The van der Waals surface area contributed by atoms with E-state index in [1.807, 2.05) is 0 Å². The molecule has 0 spiro atoms. The Morgan fingerprint density at radius 2 is 2.09 bits per heavy atom. The van der Waals surface area contributed by atoms with Crippen LogP contribution in [0.1, 0.15) is 21.7 Å². The first kappa shape index (κ1) is 15.5. The van der Waals surface area contributed by atoms with Crippen LogP contribution in [0.2, 0.25) is 10.0 Å². The fourth-order valence-corrected chi connectivity index (χ4v) is 2.59. The van der Waals surface area contributed by atoms with Gasteiger partial charge in [-0.2, -0.15) is 0 Å². The van der Waals surface area contributed by atoms with Gasteiger partial charge in [0, 0.05) is 34.4 Å². The number of pyridine rings is 1. The zero-order valence-electron chi connectivity index (χ0n) is 11.8. The number of nitrogens with one attached hydrogen (secondary N) is 1. The number of carboxylic acids is 1. The number of aromatic nitrogens is 3. The number of nitrogens with zero attached hydrogens (tertiary/aromatic N) is 2. The average Bonchev–Trinajstić information content (AvgIpc) is 2.96. The summed E-state index contributed by atoms with van der Waals surface area (Å²) in [5, 5.41) is 10.4. The second-order valence-corrected chi connectivity index (χ2v) is 5.71. The Labute approximate surface area is 141 Å². The van der Waals surface area contributed by atoms with Crippen molar-refractivity contribution < 1.29 is 9.90 Å². The Bertz CT molecular complexity index is 863. The van der Waals surface area contributed by atoms with E-state index in [4.69, 9.17) is 23.2 Å². The fraction of sp³-hybridized carbons (Fsp3) is 0.0625. The number of H-pyrrole nitrogens is 1. The summed E-state index contributed by atoms with van der Waals surface area (Å²) in [5.74, 6) is -0.635. The number of aromatic amines is 1. The normalized spacial score (nSPS) is 10.7. The molecule has 0 amide bonds. The van der Waals surface area contributed by atoms with E-state index in [9.17, 15) is 9.90 Å². The van der Waals surface area contributed by atoms with Crippen molar-refractivity contribution >= 4 is 29.2 Å². The van der Waals surface area contributed by atoms with Gasteiger partial charge in [-0.25, -0.2) is 9.78 Å². The van der Waals surface area contributed by atoms with Gasteiger partial charge in [0.15, 0.2) is 0 Å². The summed E-state index contributed by atoms with van der Waals surface area (Å²) in [5.41, 5.74) is 1.84. The molecule has 0 saturated carbocycles. The van der Waals surface area contributed by atoms with E-state index >= 15 is 0 Å². The molecule has 0 unspecified atom stereocenters. The van der Waals surface area contributed by atoms with Crippen LogP contribution >= 0.6 is 23.2 Å². The number of aromatic carboxylic acids is 1. The highest BCUT2D eigenvalue weighted by molar-refractivity contribution is 6.33. The van der Waals surface area contributed by atoms with Crippen molar-refractivity contribution in [3.63, 3.8) is 0 Å². The SMILES string of the molecule is O=C(O)c1[nH]c(-c2cccnc2)nc1Cc1cc(Cl)ccc1Cl. The van der Waals surface area contributed by atoms with E-state index in [0.717, 1.165) is 0 Å². The predicted octanol–water partition coefficient (Wildman–Crippen LogP) is 4.07. The van der Waals surface area contributed by atoms with Crippen molar-refractivity contribution in [3.8, 4) is 11.4 Å². The molecule has 0 bridgehead atoms. The third kappa shape index (κ3) is 3.36. The summed E-state index contributed by atoms with van der Waals surface area (Å²) < 4.78 is 0. The number of hydrogen-bond donors (Lipinski definition) is 2. The summed E-state index contributed by atoms with van der Waals surface area (Å²) in [4.78, 5) is 22.7. The maximum atomic E-state index is 11.5. The van der Waals surface area contributed by atoms with Crippen molar-refractivity contribution in [3.05, 3.63) is 69.7 Å². The van der Waals surface area contributed by atoms with Crippen LogP contribution in [-0.4, -0.2) is 26.0 Å². The van der Waals surface area contributed by atoms with Crippen molar-refractivity contribution in [2.45, 2.75) is 6.42 Å². The van der Waals surface area contributed by atoms with Crippen LogP contribution in [0.4, 0.5) is 0 Å². The van der Waals surface area contributed by atoms with Gasteiger partial charge < -0.3 is 10.1 Å². The topological polar surface area (TPSA) is 78.9 Å². The number of imidazole rings is 1. The minimum absolute atomic E-state index is 0.0277. The lowest BCUT2D eigenvalue weighted by Crippen LogP contribution is -2.03. The van der Waals surface area contributed by atoms with Crippen LogP contribution < -0.4 is 0 Å². The van der Waals surface area contributed by atoms with Crippen molar-refractivity contribution in [1.82, 2.24) is 15.0 Å². The Kier molecular flexibility index (Phi) is 4.32. The molecule has 0 saturated heterocycles. The largest absolute Gasteiger partial charge is 0.477 e. The fourth-order valence-electron chi connectivity index (χ4n) is 2.21. The molecule has 0 atom stereocenters. The Morgan fingerprint density at radius 3 is 2.78 bits per heavy atom. The molecule has 3 aromatic rings. The molecule has 0 aliphatic carbocycles. The van der Waals surface area contributed by atoms with Crippen LogP contribution in [0, 0.1) is 0 Å². The molecular weight excluding hydrogens is 337 g/mol. The second-order valence-electron chi connectivity index (χ2n) is 4.87. The van der Waals surface area contributed by atoms with Gasteiger partial charge in [-0.15, -0.1) is 0 Å². The maximum absolute atomic E-state index is 11.5. The maximum Gasteiger partial charge on any atom is 0.354 e. The van der Waals surface area contributed by atoms with Crippen molar-refractivity contribution in [1.29, 1.82) is 0 Å². The Balaban J connectivity index is 2.03. The van der Waals surface area contributed by atoms with E-state index < -0.39 is 5.97 Å². The summed E-state index contributed by atoms with van der Waals surface area (Å²) in [6.07, 6.45) is 3.51. The number of carboxylic acid groups (broad SMARTS) is 1. The minimum Gasteiger partial charge on any atom is -0.477 e. The van der Waals surface area contributed by atoms with Crippen LogP contribution in [0.5, 0.6) is 0 Å². The first-order chi connectivity index (χ1) is 11.0. The molecule has 2 heterocycles. The quantitative estimate of drug-likeness (QED) is 0.745. The third-order valence-corrected chi connectivity index (χ3v) is 3.90. The summed E-state index contributed by atoms with van der Waals surface area (Å²) in [6, 6.07) is 8.61. The minimum atomic E-state index is -1.08. The van der Waals surface area contributed by atoms with Crippen LogP contribution in [0.15, 0.2) is 42.7 Å². The average molecular weight is 348 g/mol. The van der Waals surface area contributed by atoms with Gasteiger partial charge in [0.1, 0.15) is 11.5 Å². The van der Waals surface area contributed by atoms with E-state index in [0.29, 0.717) is 32.7 Å². The summed E-state index contributed by atoms with van der Waals surface area (Å²) >= 11 is 12.1. The van der Waals surface area contributed by atoms with Crippen LogP contribution in [0.3, 0.4) is 0 Å². The number of rotatable bonds is 4. The number of halogens is 2.